The zero-order chi connectivity index (χ0) is 11.1. The van der Waals surface area contributed by atoms with Gasteiger partial charge in [0.25, 0.3) is 9.05 Å². The molecule has 0 atom stereocenters. The lowest BCUT2D eigenvalue weighted by Gasteiger charge is -2.05. The van der Waals surface area contributed by atoms with E-state index >= 15 is 0 Å². The number of aromatic nitrogens is 1. The minimum absolute atomic E-state index is 0.132. The highest BCUT2D eigenvalue weighted by molar-refractivity contribution is 8.14. The van der Waals surface area contributed by atoms with Crippen LogP contribution in [0, 0.1) is 6.92 Å². The van der Waals surface area contributed by atoms with Crippen molar-refractivity contribution in [3.05, 3.63) is 36.2 Å². The molecule has 0 amide bonds. The van der Waals surface area contributed by atoms with Gasteiger partial charge in [0.2, 0.25) is 0 Å². The van der Waals surface area contributed by atoms with E-state index < -0.39 is 9.05 Å². The minimum Gasteiger partial charge on any atom is -0.264 e. The number of aryl methyl sites for hydroxylation is 1. The first kappa shape index (κ1) is 10.4. The summed E-state index contributed by atoms with van der Waals surface area (Å²) in [5.41, 5.74) is 0.974. The van der Waals surface area contributed by atoms with Gasteiger partial charge < -0.3 is 0 Å². The summed E-state index contributed by atoms with van der Waals surface area (Å²) in [5, 5.41) is 1.42. The Morgan fingerprint density at radius 2 is 1.93 bits per heavy atom. The van der Waals surface area contributed by atoms with Crippen LogP contribution < -0.4 is 0 Å². The van der Waals surface area contributed by atoms with Gasteiger partial charge in [-0.05, 0) is 24.6 Å². The fourth-order valence-electron chi connectivity index (χ4n) is 1.52. The average molecular weight is 242 g/mol. The van der Waals surface area contributed by atoms with Gasteiger partial charge in [0, 0.05) is 33.8 Å². The zero-order valence-corrected chi connectivity index (χ0v) is 9.51. The molecule has 1 aromatic heterocycles. The molecule has 0 aliphatic heterocycles. The SMILES string of the molecule is Cc1ccc(S(=O)(=O)Cl)c2ccncc12. The zero-order valence-electron chi connectivity index (χ0n) is 7.94. The third-order valence-electron chi connectivity index (χ3n) is 2.26. The second kappa shape index (κ2) is 3.47. The van der Waals surface area contributed by atoms with Crippen molar-refractivity contribution in [2.24, 2.45) is 0 Å². The Kier molecular flexibility index (Phi) is 2.40. The Labute approximate surface area is 92.1 Å². The first-order valence-electron chi connectivity index (χ1n) is 4.28. The van der Waals surface area contributed by atoms with Gasteiger partial charge in [-0.3, -0.25) is 4.98 Å². The topological polar surface area (TPSA) is 47.0 Å². The first-order chi connectivity index (χ1) is 7.00. The van der Waals surface area contributed by atoms with Gasteiger partial charge in [-0.15, -0.1) is 0 Å². The highest BCUT2D eigenvalue weighted by Crippen LogP contribution is 2.27. The summed E-state index contributed by atoms with van der Waals surface area (Å²) in [6.45, 7) is 1.90. The van der Waals surface area contributed by atoms with Crippen molar-refractivity contribution in [1.29, 1.82) is 0 Å². The van der Waals surface area contributed by atoms with Gasteiger partial charge in [-0.25, -0.2) is 8.42 Å². The highest BCUT2D eigenvalue weighted by atomic mass is 35.7. The van der Waals surface area contributed by atoms with Gasteiger partial charge in [-0.2, -0.15) is 0 Å². The van der Waals surface area contributed by atoms with Crippen LogP contribution >= 0.6 is 10.7 Å². The van der Waals surface area contributed by atoms with Crippen molar-refractivity contribution in [1.82, 2.24) is 4.98 Å². The van der Waals surface area contributed by atoms with Gasteiger partial charge in [0.1, 0.15) is 0 Å². The highest BCUT2D eigenvalue weighted by Gasteiger charge is 2.14. The molecular weight excluding hydrogens is 234 g/mol. The van der Waals surface area contributed by atoms with Crippen molar-refractivity contribution < 1.29 is 8.42 Å². The number of fused-ring (bicyclic) bond motifs is 1. The lowest BCUT2D eigenvalue weighted by atomic mass is 10.1. The monoisotopic (exact) mass is 241 g/mol. The van der Waals surface area contributed by atoms with E-state index in [1.54, 1.807) is 24.5 Å². The Morgan fingerprint density at radius 3 is 2.60 bits per heavy atom. The standard InChI is InChI=1S/C10H8ClNO2S/c1-7-2-3-10(15(11,13)14)8-4-5-12-6-9(7)8/h2-6H,1H3. The summed E-state index contributed by atoms with van der Waals surface area (Å²) in [4.78, 5) is 4.09. The third-order valence-corrected chi connectivity index (χ3v) is 3.64. The molecule has 0 saturated carbocycles. The summed E-state index contributed by atoms with van der Waals surface area (Å²) in [6, 6.07) is 4.89. The number of hydrogen-bond donors (Lipinski definition) is 0. The van der Waals surface area contributed by atoms with Crippen molar-refractivity contribution in [3.63, 3.8) is 0 Å². The Morgan fingerprint density at radius 1 is 1.20 bits per heavy atom. The molecule has 0 spiro atoms. The Bertz CT molecular complexity index is 622. The number of pyridine rings is 1. The molecule has 0 radical (unpaired) electrons. The predicted octanol–water partition coefficient (Wildman–Crippen LogP) is 2.47. The smallest absolute Gasteiger partial charge is 0.261 e. The molecule has 0 aliphatic rings. The fourth-order valence-corrected chi connectivity index (χ4v) is 2.59. The van der Waals surface area contributed by atoms with E-state index in [-0.39, 0.29) is 4.90 Å². The van der Waals surface area contributed by atoms with Crippen LogP contribution in [0.2, 0.25) is 0 Å². The summed E-state index contributed by atoms with van der Waals surface area (Å²) in [5.74, 6) is 0. The number of hydrogen-bond acceptors (Lipinski definition) is 3. The molecule has 78 valence electrons. The Hall–Kier alpha value is -1.13. The van der Waals surface area contributed by atoms with E-state index in [9.17, 15) is 8.42 Å². The summed E-state index contributed by atoms with van der Waals surface area (Å²) < 4.78 is 22.6. The Balaban J connectivity index is 2.96. The minimum atomic E-state index is -3.70. The number of benzene rings is 1. The van der Waals surface area contributed by atoms with Crippen LogP contribution in [0.5, 0.6) is 0 Å². The average Bonchev–Trinajstić information content (AvgIpc) is 2.17. The van der Waals surface area contributed by atoms with Crippen LogP contribution in [0.4, 0.5) is 0 Å². The van der Waals surface area contributed by atoms with Crippen molar-refractivity contribution in [2.45, 2.75) is 11.8 Å². The third kappa shape index (κ3) is 1.82. The molecule has 0 saturated heterocycles. The molecule has 0 fully saturated rings. The molecule has 1 heterocycles. The van der Waals surface area contributed by atoms with Crippen LogP contribution in [-0.2, 0) is 9.05 Å². The molecule has 0 bridgehead atoms. The van der Waals surface area contributed by atoms with Gasteiger partial charge in [-0.1, -0.05) is 6.07 Å². The molecule has 2 aromatic rings. The fraction of sp³-hybridized carbons (Fsp3) is 0.100. The molecule has 15 heavy (non-hydrogen) atoms. The normalized spacial score (nSPS) is 11.9. The van der Waals surface area contributed by atoms with Crippen molar-refractivity contribution in [2.75, 3.05) is 0 Å². The number of rotatable bonds is 1. The van der Waals surface area contributed by atoms with Gasteiger partial charge in [0.15, 0.2) is 0 Å². The summed E-state index contributed by atoms with van der Waals surface area (Å²) in [6.07, 6.45) is 3.18. The van der Waals surface area contributed by atoms with Gasteiger partial charge in [0.05, 0.1) is 4.90 Å². The molecule has 5 heteroatoms. The van der Waals surface area contributed by atoms with E-state index in [2.05, 4.69) is 4.98 Å². The molecule has 0 N–H and O–H groups in total. The molecule has 1 aromatic carbocycles. The number of nitrogens with zero attached hydrogens (tertiary/aromatic N) is 1. The maximum absolute atomic E-state index is 11.3. The first-order valence-corrected chi connectivity index (χ1v) is 6.59. The quantitative estimate of drug-likeness (QED) is 0.721. The van der Waals surface area contributed by atoms with Crippen molar-refractivity contribution >= 4 is 30.5 Å². The number of halogens is 1. The molecule has 2 rings (SSSR count). The molecule has 0 unspecified atom stereocenters. The van der Waals surface area contributed by atoms with E-state index in [1.807, 2.05) is 6.92 Å². The summed E-state index contributed by atoms with van der Waals surface area (Å²) in [7, 11) is 1.64. The van der Waals surface area contributed by atoms with Gasteiger partial charge >= 0.3 is 0 Å². The van der Waals surface area contributed by atoms with E-state index in [4.69, 9.17) is 10.7 Å². The molecule has 0 aliphatic carbocycles. The van der Waals surface area contributed by atoms with Crippen LogP contribution in [0.15, 0.2) is 35.5 Å². The predicted molar refractivity (Wildman–Crippen MR) is 59.5 cm³/mol. The second-order valence-electron chi connectivity index (χ2n) is 3.24. The van der Waals surface area contributed by atoms with Crippen LogP contribution in [0.25, 0.3) is 10.8 Å². The molecular formula is C10H8ClNO2S. The lowest BCUT2D eigenvalue weighted by Crippen LogP contribution is -1.93. The van der Waals surface area contributed by atoms with Crippen LogP contribution in [0.1, 0.15) is 5.56 Å². The van der Waals surface area contributed by atoms with Crippen molar-refractivity contribution in [3.8, 4) is 0 Å². The van der Waals surface area contributed by atoms with E-state index in [1.165, 1.54) is 6.07 Å². The second-order valence-corrected chi connectivity index (χ2v) is 5.77. The van der Waals surface area contributed by atoms with E-state index in [0.29, 0.717) is 5.39 Å². The van der Waals surface area contributed by atoms with Crippen LogP contribution in [-0.4, -0.2) is 13.4 Å². The van der Waals surface area contributed by atoms with E-state index in [0.717, 1.165) is 10.9 Å². The maximum atomic E-state index is 11.3. The maximum Gasteiger partial charge on any atom is 0.261 e. The summed E-state index contributed by atoms with van der Waals surface area (Å²) >= 11 is 0. The van der Waals surface area contributed by atoms with Crippen LogP contribution in [0.3, 0.4) is 0 Å². The molecule has 3 nitrogen and oxygen atoms in total. The largest absolute Gasteiger partial charge is 0.264 e. The lowest BCUT2D eigenvalue weighted by molar-refractivity contribution is 0.610.